The van der Waals surface area contributed by atoms with Gasteiger partial charge in [0.15, 0.2) is 11.6 Å². The van der Waals surface area contributed by atoms with Crippen LogP contribution in [0.1, 0.15) is 89.3 Å². The Morgan fingerprint density at radius 1 is 1.09 bits per heavy atom. The second-order valence-corrected chi connectivity index (χ2v) is 12.4. The molecule has 4 N–H and O–H groups in total. The van der Waals surface area contributed by atoms with E-state index in [1.165, 1.54) is 5.56 Å². The van der Waals surface area contributed by atoms with Crippen molar-refractivity contribution < 1.29 is 60.0 Å². The summed E-state index contributed by atoms with van der Waals surface area (Å²) in [5, 5.41) is 12.5. The SMILES string of the molecule is CCC1(C)CC(=O)NC(N)=N1.CCCC1CC(C)(O)Oc2ccccc21.[CH-]=C(C)c1ccc2c(c1)CC(COC)(COC)O2.[U]. The summed E-state index contributed by atoms with van der Waals surface area (Å²) in [6, 6.07) is 14.0. The van der Waals surface area contributed by atoms with Crippen molar-refractivity contribution in [2.45, 2.75) is 96.0 Å². The smallest absolute Gasteiger partial charge is 0.229 e. The molecular formula is C35H50N3O6U-. The number of ether oxygens (including phenoxy) is 4. The van der Waals surface area contributed by atoms with Crippen molar-refractivity contribution in [1.29, 1.82) is 0 Å². The van der Waals surface area contributed by atoms with Gasteiger partial charge in [-0.2, -0.15) is 5.56 Å². The molecule has 3 aliphatic rings. The molecule has 3 heterocycles. The minimum absolute atomic E-state index is 0. The van der Waals surface area contributed by atoms with Crippen molar-refractivity contribution in [1.82, 2.24) is 5.32 Å². The van der Waals surface area contributed by atoms with E-state index in [1.807, 2.05) is 51.1 Å². The Labute approximate surface area is 292 Å². The zero-order chi connectivity index (χ0) is 32.5. The molecule has 246 valence electrons. The molecule has 0 fully saturated rings. The quantitative estimate of drug-likeness (QED) is 0.299. The first-order chi connectivity index (χ1) is 20.8. The Morgan fingerprint density at radius 2 is 1.76 bits per heavy atom. The van der Waals surface area contributed by atoms with Crippen LogP contribution < -0.4 is 20.5 Å². The van der Waals surface area contributed by atoms with Gasteiger partial charge < -0.3 is 29.8 Å². The fourth-order valence-electron chi connectivity index (χ4n) is 5.87. The maximum Gasteiger partial charge on any atom is 0.229 e. The molecule has 9 nitrogen and oxygen atoms in total. The van der Waals surface area contributed by atoms with Crippen LogP contribution in [-0.4, -0.2) is 61.3 Å². The van der Waals surface area contributed by atoms with E-state index in [0.717, 1.165) is 53.9 Å². The largest absolute Gasteiger partial charge is 0.482 e. The van der Waals surface area contributed by atoms with Gasteiger partial charge in [0, 0.05) is 65.1 Å². The van der Waals surface area contributed by atoms with Gasteiger partial charge in [0.05, 0.1) is 25.2 Å². The zero-order valence-electron chi connectivity index (χ0n) is 27.9. The topological polar surface area (TPSA) is 125 Å². The van der Waals surface area contributed by atoms with Crippen molar-refractivity contribution in [2.75, 3.05) is 27.4 Å². The number of hydrogen-bond donors (Lipinski definition) is 3. The molecule has 3 atom stereocenters. The standard InChI is InChI=1S/C15H19O3.C13H18O2.C7H13N3O.U/c1-11(2)12-5-6-14-13(7-12)8-15(18-14,9-16-3)10-17-4;1-3-6-10-9-13(2,14)15-12-8-5-4-7-11(10)12;1-3-7(2)4-5(11)9-6(8)10-7;/h1,5-7H,8-10H2,2-4H3;4-5,7-8,10,14H,3,6,9H2,1-2H3;3-4H2,1-2H3,(H3,8,9,10,11);/q-1;;;. The number of fused-ring (bicyclic) bond motifs is 2. The van der Waals surface area contributed by atoms with Crippen molar-refractivity contribution in [3.63, 3.8) is 0 Å². The van der Waals surface area contributed by atoms with Gasteiger partial charge in [-0.15, -0.1) is 12.1 Å². The van der Waals surface area contributed by atoms with Crippen molar-refractivity contribution in [3.8, 4) is 11.5 Å². The van der Waals surface area contributed by atoms with E-state index in [-0.39, 0.29) is 48.5 Å². The summed E-state index contributed by atoms with van der Waals surface area (Å²) in [7, 11) is 3.35. The summed E-state index contributed by atoms with van der Waals surface area (Å²) in [5.74, 6) is 1.36. The number of aliphatic hydroxyl groups is 1. The third-order valence-electron chi connectivity index (χ3n) is 8.08. The predicted molar refractivity (Wildman–Crippen MR) is 174 cm³/mol. The van der Waals surface area contributed by atoms with E-state index in [1.54, 1.807) is 21.1 Å². The predicted octanol–water partition coefficient (Wildman–Crippen LogP) is 5.54. The molecule has 0 bridgehead atoms. The normalized spacial score (nSPS) is 23.9. The molecule has 3 unspecified atom stereocenters. The summed E-state index contributed by atoms with van der Waals surface area (Å²) in [4.78, 5) is 15.1. The van der Waals surface area contributed by atoms with Gasteiger partial charge in [0.1, 0.15) is 11.5 Å². The fourth-order valence-corrected chi connectivity index (χ4v) is 5.87. The molecule has 10 heteroatoms. The number of carbonyl (C=O) groups excluding carboxylic acids is 1. The van der Waals surface area contributed by atoms with Gasteiger partial charge in [-0.3, -0.25) is 16.7 Å². The molecule has 0 saturated heterocycles. The Kier molecular flexibility index (Phi) is 14.7. The Bertz CT molecular complexity index is 1320. The monoisotopic (exact) mass is 846 g/mol. The fraction of sp³-hybridized carbons (Fsp3) is 0.543. The van der Waals surface area contributed by atoms with Gasteiger partial charge in [0.25, 0.3) is 0 Å². The molecule has 0 aromatic heterocycles. The zero-order valence-corrected chi connectivity index (χ0v) is 32.0. The molecule has 2 aromatic carbocycles. The van der Waals surface area contributed by atoms with Gasteiger partial charge in [-0.25, -0.2) is 10.6 Å². The van der Waals surface area contributed by atoms with Gasteiger partial charge in [-0.1, -0.05) is 45.4 Å². The van der Waals surface area contributed by atoms with Crippen molar-refractivity contribution in [2.24, 2.45) is 10.7 Å². The van der Waals surface area contributed by atoms with Crippen LogP contribution in [0, 0.1) is 37.7 Å². The van der Waals surface area contributed by atoms with Gasteiger partial charge in [-0.05, 0) is 48.9 Å². The van der Waals surface area contributed by atoms with Crippen LogP contribution in [0.5, 0.6) is 11.5 Å². The van der Waals surface area contributed by atoms with E-state index >= 15 is 0 Å². The minimum atomic E-state index is -1.01. The number of allylic oxidation sites excluding steroid dienone is 1. The molecular weight excluding hydrogens is 796 g/mol. The molecule has 0 aliphatic carbocycles. The molecule has 5 rings (SSSR count). The number of nitrogens with zero attached hydrogens (tertiary/aromatic N) is 1. The Hall–Kier alpha value is -2.35. The number of guanidine groups is 1. The number of nitrogens with one attached hydrogen (secondary N) is 1. The molecule has 45 heavy (non-hydrogen) atoms. The number of methoxy groups -OCH3 is 2. The Balaban J connectivity index is 0.000000239. The van der Waals surface area contributed by atoms with E-state index in [0.29, 0.717) is 32.0 Å². The molecule has 3 aliphatic heterocycles. The summed E-state index contributed by atoms with van der Waals surface area (Å²) < 4.78 is 22.1. The Morgan fingerprint density at radius 3 is 2.33 bits per heavy atom. The van der Waals surface area contributed by atoms with Gasteiger partial charge >= 0.3 is 0 Å². The average Bonchev–Trinajstić information content (AvgIpc) is 3.30. The second kappa shape index (κ2) is 17.0. The summed E-state index contributed by atoms with van der Waals surface area (Å²) in [5.41, 5.74) is 8.96. The molecule has 0 saturated carbocycles. The van der Waals surface area contributed by atoms with Gasteiger partial charge in [0.2, 0.25) is 11.7 Å². The number of hydrogen-bond acceptors (Lipinski definition) is 8. The molecule has 1 amide bonds. The first kappa shape index (κ1) is 38.8. The second-order valence-electron chi connectivity index (χ2n) is 12.4. The van der Waals surface area contributed by atoms with Crippen LogP contribution in [0.2, 0.25) is 0 Å². The van der Waals surface area contributed by atoms with Crippen molar-refractivity contribution >= 4 is 17.4 Å². The van der Waals surface area contributed by atoms with E-state index in [9.17, 15) is 9.90 Å². The van der Waals surface area contributed by atoms with Crippen molar-refractivity contribution in [3.05, 3.63) is 65.7 Å². The van der Waals surface area contributed by atoms with E-state index < -0.39 is 11.4 Å². The number of amides is 1. The van der Waals surface area contributed by atoms with Crippen LogP contribution >= 0.6 is 0 Å². The third-order valence-corrected chi connectivity index (χ3v) is 8.08. The summed E-state index contributed by atoms with van der Waals surface area (Å²) in [6.07, 6.45) is 4.99. The van der Waals surface area contributed by atoms with Crippen LogP contribution in [0.15, 0.2) is 47.5 Å². The van der Waals surface area contributed by atoms with E-state index in [4.69, 9.17) is 31.3 Å². The van der Waals surface area contributed by atoms with Crippen LogP contribution in [-0.2, 0) is 20.7 Å². The molecule has 2 aromatic rings. The number of aliphatic imine (C=N–C) groups is 1. The summed E-state index contributed by atoms with van der Waals surface area (Å²) >= 11 is 0. The summed E-state index contributed by atoms with van der Waals surface area (Å²) in [6.45, 7) is 16.6. The van der Waals surface area contributed by atoms with Crippen LogP contribution in [0.25, 0.3) is 5.57 Å². The molecule has 0 spiro atoms. The number of para-hydroxylation sites is 1. The number of nitrogens with two attached hydrogens (primary N) is 1. The molecule has 0 radical (unpaired) electrons. The minimum Gasteiger partial charge on any atom is -0.482 e. The average molecular weight is 847 g/mol. The van der Waals surface area contributed by atoms with Crippen LogP contribution in [0.4, 0.5) is 0 Å². The maximum atomic E-state index is 11.0. The van der Waals surface area contributed by atoms with E-state index in [2.05, 4.69) is 29.4 Å². The third kappa shape index (κ3) is 10.9. The number of benzene rings is 2. The first-order valence-electron chi connectivity index (χ1n) is 15.3. The maximum absolute atomic E-state index is 11.0. The number of rotatable bonds is 8. The van der Waals surface area contributed by atoms with Crippen LogP contribution in [0.3, 0.4) is 0 Å². The first-order valence-corrected chi connectivity index (χ1v) is 15.3. The number of carbonyl (C=O) groups is 1.